The maximum absolute atomic E-state index is 2.37. The van der Waals surface area contributed by atoms with Gasteiger partial charge in [-0.05, 0) is 59.3 Å². The van der Waals surface area contributed by atoms with Crippen LogP contribution in [0.2, 0.25) is 0 Å². The Balaban J connectivity index is 1.44. The molecule has 0 unspecified atom stereocenters. The summed E-state index contributed by atoms with van der Waals surface area (Å²) in [5, 5.41) is 9.94. The van der Waals surface area contributed by atoms with Crippen LogP contribution in [0.25, 0.3) is 30.9 Å². The molecule has 0 saturated heterocycles. The summed E-state index contributed by atoms with van der Waals surface area (Å²) in [5.41, 5.74) is 0. The monoisotopic (exact) mass is 456 g/mol. The van der Waals surface area contributed by atoms with Crippen LogP contribution in [0.4, 0.5) is 0 Å². The summed E-state index contributed by atoms with van der Waals surface area (Å²) >= 11 is 7.38. The maximum atomic E-state index is 2.37. The van der Waals surface area contributed by atoms with Gasteiger partial charge in [0.1, 0.15) is 0 Å². The van der Waals surface area contributed by atoms with Gasteiger partial charge in [0, 0.05) is 50.5 Å². The van der Waals surface area contributed by atoms with E-state index in [-0.39, 0.29) is 0 Å². The fraction of sp³-hybridized carbons (Fsp3) is 0. The lowest BCUT2D eigenvalue weighted by Gasteiger charge is -2.04. The van der Waals surface area contributed by atoms with Crippen molar-refractivity contribution in [2.75, 3.05) is 0 Å². The second-order valence-electron chi connectivity index (χ2n) is 7.07. The molecule has 0 radical (unpaired) electrons. The van der Waals surface area contributed by atoms with Crippen LogP contribution in [0.1, 0.15) is 0 Å². The second kappa shape index (κ2) is 7.78. The zero-order valence-corrected chi connectivity index (χ0v) is 19.1. The lowest BCUT2D eigenvalue weighted by Crippen LogP contribution is -1.76. The average molecular weight is 457 g/mol. The lowest BCUT2D eigenvalue weighted by molar-refractivity contribution is 1.45. The number of benzene rings is 4. The summed E-state index contributed by atoms with van der Waals surface area (Å²) in [4.78, 5) is 5.26. The van der Waals surface area contributed by atoms with Crippen LogP contribution >= 0.6 is 46.2 Å². The summed E-state index contributed by atoms with van der Waals surface area (Å²) in [5.74, 6) is 0. The molecule has 0 amide bonds. The normalized spacial score (nSPS) is 11.6. The van der Waals surface area contributed by atoms with Gasteiger partial charge in [0.05, 0.1) is 0 Å². The fourth-order valence-electron chi connectivity index (χ4n) is 3.64. The van der Waals surface area contributed by atoms with Gasteiger partial charge >= 0.3 is 0 Å². The quantitative estimate of drug-likeness (QED) is 0.259. The third-order valence-electron chi connectivity index (χ3n) is 5.10. The first-order valence-corrected chi connectivity index (χ1v) is 13.0. The van der Waals surface area contributed by atoms with Crippen LogP contribution in [0.5, 0.6) is 0 Å². The minimum Gasteiger partial charge on any atom is -0.143 e. The van der Waals surface area contributed by atoms with E-state index in [4.69, 9.17) is 0 Å². The Morgan fingerprint density at radius 1 is 0.500 bits per heavy atom. The number of rotatable bonds is 4. The highest BCUT2D eigenvalue weighted by Gasteiger charge is 2.11. The molecule has 0 aliphatic carbocycles. The van der Waals surface area contributed by atoms with Crippen molar-refractivity contribution in [1.82, 2.24) is 0 Å². The van der Waals surface area contributed by atoms with E-state index in [1.54, 1.807) is 0 Å². The molecule has 2 aromatic heterocycles. The van der Waals surface area contributed by atoms with Gasteiger partial charge < -0.3 is 0 Å². The molecule has 0 aliphatic heterocycles. The van der Waals surface area contributed by atoms with Crippen molar-refractivity contribution in [2.24, 2.45) is 0 Å². The highest BCUT2D eigenvalue weighted by atomic mass is 32.2. The second-order valence-corrected chi connectivity index (χ2v) is 11.1. The van der Waals surface area contributed by atoms with Gasteiger partial charge in [0.15, 0.2) is 0 Å². The molecule has 0 bridgehead atoms. The van der Waals surface area contributed by atoms with Crippen molar-refractivity contribution < 1.29 is 0 Å². The van der Waals surface area contributed by atoms with E-state index in [0.29, 0.717) is 0 Å². The molecule has 4 heteroatoms. The molecular formula is C26H16S4. The molecule has 6 aromatic rings. The molecule has 30 heavy (non-hydrogen) atoms. The van der Waals surface area contributed by atoms with E-state index in [0.717, 1.165) is 0 Å². The van der Waals surface area contributed by atoms with Crippen LogP contribution in [0.15, 0.2) is 115 Å². The van der Waals surface area contributed by atoms with Crippen molar-refractivity contribution in [2.45, 2.75) is 19.6 Å². The molecule has 0 fully saturated rings. The molecular weight excluding hydrogens is 441 g/mol. The standard InChI is InChI=1S/C26H16S4/c1-3-7-19(8-4-1)29-25-15-27-23-13-18-12-22-24(14-17(18)11-21(23)25)28-16-26(22)30-20-9-5-2-6-10-20/h1-16H. The summed E-state index contributed by atoms with van der Waals surface area (Å²) in [6.45, 7) is 0. The predicted molar refractivity (Wildman–Crippen MR) is 136 cm³/mol. The van der Waals surface area contributed by atoms with E-state index >= 15 is 0 Å². The fourth-order valence-corrected chi connectivity index (χ4v) is 7.80. The van der Waals surface area contributed by atoms with Crippen LogP contribution in [-0.2, 0) is 0 Å². The predicted octanol–water partition coefficient (Wildman–Crippen LogP) is 9.57. The molecule has 144 valence electrons. The molecule has 0 saturated carbocycles. The van der Waals surface area contributed by atoms with Crippen LogP contribution in [0.3, 0.4) is 0 Å². The molecule has 6 rings (SSSR count). The Kier molecular flexibility index (Phi) is 4.81. The van der Waals surface area contributed by atoms with Crippen LogP contribution in [0, 0.1) is 0 Å². The molecule has 4 aromatic carbocycles. The van der Waals surface area contributed by atoms with Gasteiger partial charge in [0.25, 0.3) is 0 Å². The van der Waals surface area contributed by atoms with E-state index < -0.39 is 0 Å². The number of hydrogen-bond donors (Lipinski definition) is 0. The summed E-state index contributed by atoms with van der Waals surface area (Å²) in [6.07, 6.45) is 0. The van der Waals surface area contributed by atoms with Crippen LogP contribution in [-0.4, -0.2) is 0 Å². The molecule has 0 N–H and O–H groups in total. The molecule has 0 atom stereocenters. The topological polar surface area (TPSA) is 0 Å². The van der Waals surface area contributed by atoms with E-state index in [1.165, 1.54) is 50.5 Å². The molecule has 0 spiro atoms. The number of hydrogen-bond acceptors (Lipinski definition) is 4. The molecule has 0 nitrogen and oxygen atoms in total. The van der Waals surface area contributed by atoms with E-state index in [2.05, 4.69) is 95.7 Å². The van der Waals surface area contributed by atoms with E-state index in [9.17, 15) is 0 Å². The van der Waals surface area contributed by atoms with Gasteiger partial charge in [-0.25, -0.2) is 0 Å². The smallest absolute Gasteiger partial charge is 0.0360 e. The Morgan fingerprint density at radius 2 is 0.933 bits per heavy atom. The minimum absolute atomic E-state index is 1.29. The SMILES string of the molecule is c1ccc(Sc2csc3cc4cc5c(Sc6ccccc6)csc5cc4cc23)cc1. The Labute approximate surface area is 191 Å². The summed E-state index contributed by atoms with van der Waals surface area (Å²) < 4.78 is 2.71. The Morgan fingerprint density at radius 3 is 1.37 bits per heavy atom. The van der Waals surface area contributed by atoms with Gasteiger partial charge in [-0.1, -0.05) is 59.9 Å². The van der Waals surface area contributed by atoms with Gasteiger partial charge in [-0.15, -0.1) is 22.7 Å². The first kappa shape index (κ1) is 18.5. The lowest BCUT2D eigenvalue weighted by atomic mass is 10.1. The van der Waals surface area contributed by atoms with Crippen molar-refractivity contribution in [3.8, 4) is 0 Å². The van der Waals surface area contributed by atoms with Crippen molar-refractivity contribution in [3.05, 3.63) is 95.7 Å². The van der Waals surface area contributed by atoms with Gasteiger partial charge in [0.2, 0.25) is 0 Å². The van der Waals surface area contributed by atoms with Gasteiger partial charge in [-0.2, -0.15) is 0 Å². The maximum Gasteiger partial charge on any atom is 0.0360 e. The molecule has 0 aliphatic rings. The van der Waals surface area contributed by atoms with Crippen molar-refractivity contribution >= 4 is 77.1 Å². The third-order valence-corrected chi connectivity index (χ3v) is 9.42. The molecule has 2 heterocycles. The third kappa shape index (κ3) is 3.44. The summed E-state index contributed by atoms with van der Waals surface area (Å²) in [6, 6.07) is 30.7. The average Bonchev–Trinajstić information content (AvgIpc) is 3.36. The Hall–Kier alpha value is -2.24. The van der Waals surface area contributed by atoms with E-state index in [1.807, 2.05) is 46.2 Å². The zero-order valence-electron chi connectivity index (χ0n) is 15.9. The number of fused-ring (bicyclic) bond motifs is 3. The first-order chi connectivity index (χ1) is 14.8. The zero-order chi connectivity index (χ0) is 19.9. The first-order valence-electron chi connectivity index (χ1n) is 9.65. The van der Waals surface area contributed by atoms with Gasteiger partial charge in [-0.3, -0.25) is 0 Å². The number of thiophene rings is 2. The highest BCUT2D eigenvalue weighted by Crippen LogP contribution is 2.42. The van der Waals surface area contributed by atoms with Crippen molar-refractivity contribution in [3.63, 3.8) is 0 Å². The highest BCUT2D eigenvalue weighted by molar-refractivity contribution is 8.00. The van der Waals surface area contributed by atoms with Crippen molar-refractivity contribution in [1.29, 1.82) is 0 Å². The Bertz CT molecular complexity index is 1360. The summed E-state index contributed by atoms with van der Waals surface area (Å²) in [7, 11) is 0. The minimum atomic E-state index is 1.29. The largest absolute Gasteiger partial charge is 0.143 e. The van der Waals surface area contributed by atoms with Crippen LogP contribution < -0.4 is 0 Å².